The Bertz CT molecular complexity index is 816. The molecule has 0 aliphatic rings. The number of carbonyl (C=O) groups excluding carboxylic acids is 1. The van der Waals surface area contributed by atoms with Gasteiger partial charge in [0.15, 0.2) is 11.5 Å². The molecule has 2 aromatic rings. The molecule has 0 saturated carbocycles. The molecular formula is C15H12Cl2O4S. The number of Topliss-reactive ketones (excluding diaryl/α,β-unsaturated/α-hetero) is 1. The lowest BCUT2D eigenvalue weighted by molar-refractivity contribution is 0.0986. The fourth-order valence-electron chi connectivity index (χ4n) is 1.79. The molecule has 0 heterocycles. The summed E-state index contributed by atoms with van der Waals surface area (Å²) in [6.07, 6.45) is 0.234. The first-order valence-corrected chi connectivity index (χ1v) is 8.53. The van der Waals surface area contributed by atoms with E-state index in [9.17, 15) is 13.2 Å². The minimum atomic E-state index is -4.20. The van der Waals surface area contributed by atoms with Crippen molar-refractivity contribution in [3.63, 3.8) is 0 Å². The normalized spacial score (nSPS) is 11.2. The molecule has 0 aromatic heterocycles. The van der Waals surface area contributed by atoms with Crippen LogP contribution in [0.2, 0.25) is 10.0 Å². The molecule has 0 unspecified atom stereocenters. The van der Waals surface area contributed by atoms with Crippen molar-refractivity contribution in [1.82, 2.24) is 0 Å². The first-order valence-electron chi connectivity index (χ1n) is 6.37. The zero-order chi connectivity index (χ0) is 16.3. The smallest absolute Gasteiger partial charge is 0.340 e. The molecule has 2 rings (SSSR count). The van der Waals surface area contributed by atoms with Gasteiger partial charge < -0.3 is 4.18 Å². The van der Waals surface area contributed by atoms with Crippen molar-refractivity contribution >= 4 is 39.1 Å². The van der Waals surface area contributed by atoms with E-state index in [1.165, 1.54) is 30.3 Å². The molecule has 0 N–H and O–H groups in total. The third-order valence-electron chi connectivity index (χ3n) is 2.87. The maximum atomic E-state index is 12.4. The summed E-state index contributed by atoms with van der Waals surface area (Å²) in [4.78, 5) is 11.6. The van der Waals surface area contributed by atoms with Crippen molar-refractivity contribution in [2.45, 2.75) is 18.2 Å². The summed E-state index contributed by atoms with van der Waals surface area (Å²) in [6, 6.07) is 10.2. The number of benzene rings is 2. The molecule has 0 aliphatic heterocycles. The molecule has 0 spiro atoms. The second-order valence-electron chi connectivity index (χ2n) is 4.39. The van der Waals surface area contributed by atoms with Crippen LogP contribution < -0.4 is 4.18 Å². The van der Waals surface area contributed by atoms with E-state index in [-0.39, 0.29) is 38.5 Å². The van der Waals surface area contributed by atoms with Crippen LogP contribution in [0.15, 0.2) is 47.4 Å². The van der Waals surface area contributed by atoms with Crippen molar-refractivity contribution in [2.75, 3.05) is 0 Å². The molecule has 0 saturated heterocycles. The highest BCUT2D eigenvalue weighted by Crippen LogP contribution is 2.29. The molecule has 7 heteroatoms. The Morgan fingerprint density at radius 2 is 1.82 bits per heavy atom. The minimum absolute atomic E-state index is 0.0105. The van der Waals surface area contributed by atoms with Crippen LogP contribution >= 0.6 is 23.2 Å². The Balaban J connectivity index is 2.46. The predicted octanol–water partition coefficient (Wildman–Crippen LogP) is 4.35. The van der Waals surface area contributed by atoms with E-state index in [0.29, 0.717) is 0 Å². The molecule has 0 radical (unpaired) electrons. The maximum Gasteiger partial charge on any atom is 0.340 e. The summed E-state index contributed by atoms with van der Waals surface area (Å²) in [6.45, 7) is 1.68. The monoisotopic (exact) mass is 358 g/mol. The Morgan fingerprint density at radius 1 is 1.14 bits per heavy atom. The van der Waals surface area contributed by atoms with Crippen LogP contribution in [-0.2, 0) is 10.1 Å². The van der Waals surface area contributed by atoms with Crippen LogP contribution in [0, 0.1) is 0 Å². The second kappa shape index (κ2) is 6.69. The Hall–Kier alpha value is -1.56. The lowest BCUT2D eigenvalue weighted by Crippen LogP contribution is -2.13. The minimum Gasteiger partial charge on any atom is -0.378 e. The molecule has 0 fully saturated rings. The SMILES string of the molecule is CCC(=O)c1ccccc1OS(=O)(=O)c1cc(Cl)ccc1Cl. The van der Waals surface area contributed by atoms with E-state index in [1.807, 2.05) is 0 Å². The van der Waals surface area contributed by atoms with Gasteiger partial charge in [-0.05, 0) is 30.3 Å². The first-order chi connectivity index (χ1) is 10.3. The van der Waals surface area contributed by atoms with Crippen LogP contribution in [-0.4, -0.2) is 14.2 Å². The fourth-order valence-corrected chi connectivity index (χ4v) is 3.48. The van der Waals surface area contributed by atoms with Gasteiger partial charge in [-0.3, -0.25) is 4.79 Å². The van der Waals surface area contributed by atoms with E-state index in [4.69, 9.17) is 27.4 Å². The van der Waals surface area contributed by atoms with Crippen molar-refractivity contribution < 1.29 is 17.4 Å². The lowest BCUT2D eigenvalue weighted by Gasteiger charge is -2.11. The van der Waals surface area contributed by atoms with E-state index in [2.05, 4.69) is 0 Å². The number of hydrogen-bond acceptors (Lipinski definition) is 4. The van der Waals surface area contributed by atoms with Gasteiger partial charge in [-0.2, -0.15) is 8.42 Å². The van der Waals surface area contributed by atoms with Crippen LogP contribution in [0.4, 0.5) is 0 Å². The molecule has 2 aromatic carbocycles. The van der Waals surface area contributed by atoms with Crippen molar-refractivity contribution in [3.8, 4) is 5.75 Å². The van der Waals surface area contributed by atoms with Gasteiger partial charge in [0.1, 0.15) is 4.90 Å². The van der Waals surface area contributed by atoms with Crippen LogP contribution in [0.5, 0.6) is 5.75 Å². The Morgan fingerprint density at radius 3 is 2.50 bits per heavy atom. The van der Waals surface area contributed by atoms with Crippen LogP contribution in [0.1, 0.15) is 23.7 Å². The average molecular weight is 359 g/mol. The van der Waals surface area contributed by atoms with Gasteiger partial charge in [-0.25, -0.2) is 0 Å². The molecule has 0 bridgehead atoms. The van der Waals surface area contributed by atoms with Gasteiger partial charge in [0.05, 0.1) is 10.6 Å². The number of hydrogen-bond donors (Lipinski definition) is 0. The largest absolute Gasteiger partial charge is 0.378 e. The predicted molar refractivity (Wildman–Crippen MR) is 85.3 cm³/mol. The standard InChI is InChI=1S/C15H12Cl2O4S/c1-2-13(18)11-5-3-4-6-14(11)21-22(19,20)15-9-10(16)7-8-12(15)17/h3-9H,2H2,1H3. The number of para-hydroxylation sites is 1. The first kappa shape index (κ1) is 16.8. The van der Waals surface area contributed by atoms with Crippen LogP contribution in [0.25, 0.3) is 0 Å². The van der Waals surface area contributed by atoms with Crippen molar-refractivity contribution in [2.24, 2.45) is 0 Å². The van der Waals surface area contributed by atoms with Gasteiger partial charge in [0.25, 0.3) is 0 Å². The van der Waals surface area contributed by atoms with E-state index >= 15 is 0 Å². The molecule has 0 atom stereocenters. The summed E-state index contributed by atoms with van der Waals surface area (Å²) in [5.41, 5.74) is 0.201. The Kier molecular flexibility index (Phi) is 5.11. The zero-order valence-electron chi connectivity index (χ0n) is 11.5. The average Bonchev–Trinajstić information content (AvgIpc) is 2.49. The van der Waals surface area contributed by atoms with Gasteiger partial charge >= 0.3 is 10.1 Å². The van der Waals surface area contributed by atoms with E-state index in [1.54, 1.807) is 19.1 Å². The summed E-state index contributed by atoms with van der Waals surface area (Å²) < 4.78 is 29.8. The third-order valence-corrected chi connectivity index (χ3v) is 4.82. The second-order valence-corrected chi connectivity index (χ2v) is 6.74. The molecular weight excluding hydrogens is 347 g/mol. The highest BCUT2D eigenvalue weighted by atomic mass is 35.5. The number of ketones is 1. The summed E-state index contributed by atoms with van der Waals surface area (Å²) in [5, 5.41) is 0.202. The highest BCUT2D eigenvalue weighted by Gasteiger charge is 2.23. The van der Waals surface area contributed by atoms with Gasteiger partial charge in [0, 0.05) is 11.4 Å². The quantitative estimate of drug-likeness (QED) is 0.588. The Labute approximate surface area is 138 Å². The molecule has 22 heavy (non-hydrogen) atoms. The molecule has 0 aliphatic carbocycles. The molecule has 116 valence electrons. The summed E-state index contributed by atoms with van der Waals surface area (Å²) in [5.74, 6) is -0.256. The molecule has 4 nitrogen and oxygen atoms in total. The number of carbonyl (C=O) groups is 1. The fraction of sp³-hybridized carbons (Fsp3) is 0.133. The summed E-state index contributed by atoms with van der Waals surface area (Å²) >= 11 is 11.7. The van der Waals surface area contributed by atoms with Crippen molar-refractivity contribution in [3.05, 3.63) is 58.1 Å². The number of halogens is 2. The maximum absolute atomic E-state index is 12.4. The molecule has 0 amide bonds. The lowest BCUT2D eigenvalue weighted by atomic mass is 10.1. The van der Waals surface area contributed by atoms with Gasteiger partial charge in [0.2, 0.25) is 0 Å². The van der Waals surface area contributed by atoms with Gasteiger partial charge in [-0.15, -0.1) is 0 Å². The third kappa shape index (κ3) is 3.61. The zero-order valence-corrected chi connectivity index (χ0v) is 13.9. The van der Waals surface area contributed by atoms with Gasteiger partial charge in [-0.1, -0.05) is 42.3 Å². The van der Waals surface area contributed by atoms with Crippen LogP contribution in [0.3, 0.4) is 0 Å². The summed E-state index contributed by atoms with van der Waals surface area (Å²) in [7, 11) is -4.20. The van der Waals surface area contributed by atoms with E-state index in [0.717, 1.165) is 0 Å². The number of rotatable bonds is 5. The van der Waals surface area contributed by atoms with Crippen molar-refractivity contribution in [1.29, 1.82) is 0 Å². The highest BCUT2D eigenvalue weighted by molar-refractivity contribution is 7.87. The van der Waals surface area contributed by atoms with E-state index < -0.39 is 10.1 Å². The topological polar surface area (TPSA) is 60.4 Å².